The molecule has 4 N–H and O–H groups in total. The molecule has 31 heavy (non-hydrogen) atoms. The quantitative estimate of drug-likeness (QED) is 0.725. The number of aryl methyl sites for hydroxylation is 2. The number of benzene rings is 1. The first-order valence-corrected chi connectivity index (χ1v) is 10.5. The van der Waals surface area contributed by atoms with Crippen LogP contribution in [-0.4, -0.2) is 52.8 Å². The maximum atomic E-state index is 11.6. The maximum Gasteiger partial charge on any atom is 0.254 e. The Morgan fingerprint density at radius 1 is 1.26 bits per heavy atom. The van der Waals surface area contributed by atoms with Crippen LogP contribution >= 0.6 is 0 Å². The first kappa shape index (κ1) is 22.6. The van der Waals surface area contributed by atoms with Crippen molar-refractivity contribution < 1.29 is 14.3 Å². The van der Waals surface area contributed by atoms with Crippen molar-refractivity contribution in [3.8, 4) is 0 Å². The summed E-state index contributed by atoms with van der Waals surface area (Å²) in [6.07, 6.45) is 5.35. The topological polar surface area (TPSA) is 116 Å². The van der Waals surface area contributed by atoms with E-state index in [1.165, 1.54) is 21.9 Å². The van der Waals surface area contributed by atoms with Gasteiger partial charge in [-0.1, -0.05) is 30.8 Å². The number of hydrogen-bond acceptors (Lipinski definition) is 5. The van der Waals surface area contributed by atoms with Crippen molar-refractivity contribution in [3.63, 3.8) is 0 Å². The molecule has 166 valence electrons. The third-order valence-corrected chi connectivity index (χ3v) is 6.06. The molecule has 1 saturated heterocycles. The van der Waals surface area contributed by atoms with Crippen molar-refractivity contribution in [1.29, 1.82) is 0 Å². The fourth-order valence-electron chi connectivity index (χ4n) is 4.28. The van der Waals surface area contributed by atoms with Crippen LogP contribution in [0.15, 0.2) is 36.9 Å². The lowest BCUT2D eigenvalue weighted by Crippen LogP contribution is -2.27. The Labute approximate surface area is 182 Å². The van der Waals surface area contributed by atoms with Gasteiger partial charge in [0.2, 0.25) is 5.91 Å². The number of carbonyl (C=O) groups excluding carboxylic acids is 2. The highest BCUT2D eigenvalue weighted by Crippen LogP contribution is 2.34. The van der Waals surface area contributed by atoms with E-state index in [0.29, 0.717) is 17.9 Å². The zero-order valence-corrected chi connectivity index (χ0v) is 18.2. The van der Waals surface area contributed by atoms with Crippen LogP contribution in [-0.2, 0) is 29.4 Å². The summed E-state index contributed by atoms with van der Waals surface area (Å²) in [5, 5.41) is 4.42. The van der Waals surface area contributed by atoms with E-state index in [4.69, 9.17) is 16.2 Å². The van der Waals surface area contributed by atoms with Crippen molar-refractivity contribution in [1.82, 2.24) is 14.7 Å². The molecular formula is C23H31N5O3. The summed E-state index contributed by atoms with van der Waals surface area (Å²) < 4.78 is 6.65. The molecule has 2 heterocycles. The van der Waals surface area contributed by atoms with Crippen molar-refractivity contribution >= 4 is 17.6 Å². The largest absolute Gasteiger partial charge is 0.383 e. The maximum absolute atomic E-state index is 11.6. The highest BCUT2D eigenvalue weighted by atomic mass is 16.5. The Balaban J connectivity index is 0.000000210. The van der Waals surface area contributed by atoms with Crippen LogP contribution in [0.25, 0.3) is 0 Å². The molecule has 1 aliphatic carbocycles. The van der Waals surface area contributed by atoms with Crippen LogP contribution in [0.3, 0.4) is 0 Å². The lowest BCUT2D eigenvalue weighted by Gasteiger charge is -2.23. The zero-order chi connectivity index (χ0) is 22.5. The number of hydrogen-bond donors (Lipinski definition) is 2. The smallest absolute Gasteiger partial charge is 0.254 e. The number of aromatic nitrogens is 2. The van der Waals surface area contributed by atoms with Crippen molar-refractivity contribution in [2.45, 2.75) is 37.7 Å². The van der Waals surface area contributed by atoms with E-state index in [1.807, 2.05) is 6.07 Å². The number of amides is 2. The molecule has 2 unspecified atom stereocenters. The number of methoxy groups -OCH3 is 1. The minimum Gasteiger partial charge on any atom is -0.383 e. The van der Waals surface area contributed by atoms with Crippen molar-refractivity contribution in [3.05, 3.63) is 59.3 Å². The summed E-state index contributed by atoms with van der Waals surface area (Å²) in [5.41, 5.74) is 15.2. The second-order valence-electron chi connectivity index (χ2n) is 7.98. The highest BCUT2D eigenvalue weighted by Gasteiger charge is 2.28. The Kier molecular flexibility index (Phi) is 7.12. The fourth-order valence-corrected chi connectivity index (χ4v) is 4.28. The Morgan fingerprint density at radius 2 is 1.97 bits per heavy atom. The summed E-state index contributed by atoms with van der Waals surface area (Å²) in [4.78, 5) is 24.4. The Hall–Kier alpha value is -3.13. The lowest BCUT2D eigenvalue weighted by atomic mass is 9.81. The Bertz CT molecular complexity index is 968. The van der Waals surface area contributed by atoms with E-state index in [2.05, 4.69) is 29.9 Å². The second-order valence-corrected chi connectivity index (χ2v) is 7.98. The molecule has 0 saturated carbocycles. The number of primary amides is 1. The number of nitrogens with zero attached hydrogens (tertiary/aromatic N) is 3. The van der Waals surface area contributed by atoms with Crippen LogP contribution in [0.4, 0.5) is 5.82 Å². The van der Waals surface area contributed by atoms with Crippen LogP contribution < -0.4 is 11.5 Å². The zero-order valence-electron chi connectivity index (χ0n) is 18.2. The van der Waals surface area contributed by atoms with Gasteiger partial charge >= 0.3 is 0 Å². The normalized spacial score (nSPS) is 19.9. The fraction of sp³-hybridized carbons (Fsp3) is 0.435. The van der Waals surface area contributed by atoms with Gasteiger partial charge in [0.15, 0.2) is 0 Å². The van der Waals surface area contributed by atoms with E-state index >= 15 is 0 Å². The van der Waals surface area contributed by atoms with Crippen LogP contribution in [0.2, 0.25) is 0 Å². The molecule has 0 radical (unpaired) electrons. The van der Waals surface area contributed by atoms with Crippen LogP contribution in [0, 0.1) is 0 Å². The molecule has 0 spiro atoms. The Morgan fingerprint density at radius 3 is 2.58 bits per heavy atom. The van der Waals surface area contributed by atoms with Gasteiger partial charge in [-0.25, -0.2) is 0 Å². The minimum atomic E-state index is -0.496. The van der Waals surface area contributed by atoms with Crippen molar-refractivity contribution in [2.75, 3.05) is 25.9 Å². The number of nitrogen functional groups attached to an aromatic ring is 1. The van der Waals surface area contributed by atoms with E-state index < -0.39 is 5.91 Å². The monoisotopic (exact) mass is 425 g/mol. The minimum absolute atomic E-state index is 0.00421. The number of rotatable bonds is 4. The molecular weight excluding hydrogens is 394 g/mol. The number of ether oxygens (including phenoxy) is 1. The second kappa shape index (κ2) is 9.78. The van der Waals surface area contributed by atoms with E-state index in [9.17, 15) is 9.59 Å². The van der Waals surface area contributed by atoms with Crippen molar-refractivity contribution in [2.24, 2.45) is 12.8 Å². The van der Waals surface area contributed by atoms with Gasteiger partial charge in [0, 0.05) is 33.2 Å². The van der Waals surface area contributed by atoms with Gasteiger partial charge < -0.3 is 21.1 Å². The van der Waals surface area contributed by atoms with Crippen LogP contribution in [0.1, 0.15) is 45.9 Å². The number of anilines is 1. The number of carbonyl (C=O) groups is 2. The highest BCUT2D eigenvalue weighted by molar-refractivity contribution is 5.98. The number of fused-ring (bicyclic) bond motifs is 1. The van der Waals surface area contributed by atoms with E-state index in [-0.39, 0.29) is 17.9 Å². The van der Waals surface area contributed by atoms with Crippen LogP contribution in [0.5, 0.6) is 0 Å². The molecule has 1 aromatic heterocycles. The third-order valence-electron chi connectivity index (χ3n) is 6.06. The average molecular weight is 426 g/mol. The van der Waals surface area contributed by atoms with Gasteiger partial charge in [0.1, 0.15) is 11.4 Å². The first-order valence-electron chi connectivity index (χ1n) is 10.5. The van der Waals surface area contributed by atoms with Gasteiger partial charge in [-0.05, 0) is 42.9 Å². The van der Waals surface area contributed by atoms with E-state index in [1.54, 1.807) is 19.1 Å². The molecule has 1 aliphatic heterocycles. The summed E-state index contributed by atoms with van der Waals surface area (Å²) in [7, 11) is 3.41. The number of nitrogens with two attached hydrogens (primary N) is 2. The predicted octanol–water partition coefficient (Wildman–Crippen LogP) is 1.79. The van der Waals surface area contributed by atoms with Gasteiger partial charge in [-0.2, -0.15) is 5.10 Å². The molecule has 2 aromatic rings. The van der Waals surface area contributed by atoms with Gasteiger partial charge in [-0.3, -0.25) is 14.3 Å². The number of likely N-dealkylation sites (tertiary alicyclic amines) is 1. The van der Waals surface area contributed by atoms with Gasteiger partial charge in [0.25, 0.3) is 5.91 Å². The molecule has 1 fully saturated rings. The molecule has 8 heteroatoms. The summed E-state index contributed by atoms with van der Waals surface area (Å²) in [6.45, 7) is 4.93. The predicted molar refractivity (Wildman–Crippen MR) is 120 cm³/mol. The van der Waals surface area contributed by atoms with Gasteiger partial charge in [-0.15, -0.1) is 0 Å². The molecule has 8 nitrogen and oxygen atoms in total. The summed E-state index contributed by atoms with van der Waals surface area (Å²) in [5.74, 6) is 0.0660. The summed E-state index contributed by atoms with van der Waals surface area (Å²) >= 11 is 0. The molecule has 2 aliphatic rings. The first-order chi connectivity index (χ1) is 14.8. The average Bonchev–Trinajstić information content (AvgIpc) is 3.38. The lowest BCUT2D eigenvalue weighted by molar-refractivity contribution is -0.125. The molecule has 2 amide bonds. The molecule has 1 aromatic carbocycles. The standard InChI is InChI=1S/C15H18N4O.C8H13NO2/c1-19-14(16)12(15(17)20)13(18-19)11-7-6-9-4-2-3-5-10(9)8-11;1-3-8(10)9-5-4-7(6-9)11-2/h2-5,11H,6-8,16H2,1H3,(H2,17,20);3,7H,1,4-6H2,2H3. The SMILES string of the molecule is C=CC(=O)N1CCC(OC)C1.Cn1nc(C2CCc3ccccc3C2)c(C(N)=O)c1N. The third kappa shape index (κ3) is 4.96. The van der Waals surface area contributed by atoms with Gasteiger partial charge in [0.05, 0.1) is 11.8 Å². The summed E-state index contributed by atoms with van der Waals surface area (Å²) in [6, 6.07) is 8.40. The molecule has 0 bridgehead atoms. The van der Waals surface area contributed by atoms with E-state index in [0.717, 1.165) is 37.9 Å². The molecule has 2 atom stereocenters. The molecule has 4 rings (SSSR count).